The van der Waals surface area contributed by atoms with E-state index in [1.165, 1.54) is 0 Å². The second kappa shape index (κ2) is 2.73. The van der Waals surface area contributed by atoms with Crippen molar-refractivity contribution in [2.75, 3.05) is 5.73 Å². The van der Waals surface area contributed by atoms with E-state index in [0.717, 1.165) is 12.1 Å². The second-order valence-electron chi connectivity index (χ2n) is 2.89. The van der Waals surface area contributed by atoms with Gasteiger partial charge >= 0.3 is 0 Å². The van der Waals surface area contributed by atoms with Gasteiger partial charge in [0, 0.05) is 5.69 Å². The third-order valence-electron chi connectivity index (χ3n) is 1.28. The highest BCUT2D eigenvalue weighted by atomic mass is 15.0. The van der Waals surface area contributed by atoms with Crippen LogP contribution in [0, 0.1) is 5.92 Å². The molecule has 0 spiro atoms. The van der Waals surface area contributed by atoms with Crippen molar-refractivity contribution in [2.24, 2.45) is 5.92 Å². The first kappa shape index (κ1) is 7.12. The minimum atomic E-state index is 0.510. The zero-order valence-corrected chi connectivity index (χ0v) is 6.39. The average molecular weight is 139 g/mol. The van der Waals surface area contributed by atoms with Gasteiger partial charge in [-0.1, -0.05) is 13.8 Å². The molecule has 0 bridgehead atoms. The molecule has 0 aliphatic heterocycles. The first-order valence-corrected chi connectivity index (χ1v) is 3.48. The van der Waals surface area contributed by atoms with Gasteiger partial charge in [0.1, 0.15) is 0 Å². The Morgan fingerprint density at radius 1 is 1.70 bits per heavy atom. The number of imidazole rings is 1. The van der Waals surface area contributed by atoms with E-state index in [1.807, 2.05) is 0 Å². The number of H-pyrrole nitrogens is 1. The van der Waals surface area contributed by atoms with Crippen molar-refractivity contribution >= 4 is 5.95 Å². The van der Waals surface area contributed by atoms with E-state index in [0.29, 0.717) is 11.9 Å². The molecule has 10 heavy (non-hydrogen) atoms. The smallest absolute Gasteiger partial charge is 0.197 e. The number of rotatable bonds is 2. The molecule has 0 aliphatic rings. The molecule has 56 valence electrons. The Morgan fingerprint density at radius 2 is 2.40 bits per heavy atom. The van der Waals surface area contributed by atoms with Gasteiger partial charge in [-0.25, -0.2) is 4.98 Å². The first-order chi connectivity index (χ1) is 4.68. The molecule has 0 saturated carbocycles. The number of nitrogens with two attached hydrogens (primary N) is 1. The summed E-state index contributed by atoms with van der Waals surface area (Å²) in [6.45, 7) is 4.33. The van der Waals surface area contributed by atoms with Crippen LogP contribution in [0.1, 0.15) is 19.5 Å². The Bertz CT molecular complexity index is 202. The maximum Gasteiger partial charge on any atom is 0.197 e. The Hall–Kier alpha value is -0.990. The number of hydrogen-bond acceptors (Lipinski definition) is 2. The normalized spacial score (nSPS) is 10.7. The largest absolute Gasteiger partial charge is 0.369 e. The predicted octanol–water partition coefficient (Wildman–Crippen LogP) is 1.19. The maximum atomic E-state index is 5.39. The molecule has 3 heteroatoms. The monoisotopic (exact) mass is 139 g/mol. The van der Waals surface area contributed by atoms with Crippen LogP contribution < -0.4 is 5.73 Å². The van der Waals surface area contributed by atoms with Crippen LogP contribution in [0.25, 0.3) is 0 Å². The molecule has 0 atom stereocenters. The van der Waals surface area contributed by atoms with Crippen LogP contribution in [-0.4, -0.2) is 9.97 Å². The van der Waals surface area contributed by atoms with Gasteiger partial charge in [0.05, 0.1) is 6.20 Å². The van der Waals surface area contributed by atoms with E-state index < -0.39 is 0 Å². The minimum absolute atomic E-state index is 0.510. The molecule has 0 fully saturated rings. The summed E-state index contributed by atoms with van der Waals surface area (Å²) in [6.07, 6.45) is 2.81. The van der Waals surface area contributed by atoms with E-state index in [9.17, 15) is 0 Å². The van der Waals surface area contributed by atoms with Crippen molar-refractivity contribution < 1.29 is 0 Å². The van der Waals surface area contributed by atoms with Crippen LogP contribution in [0.2, 0.25) is 0 Å². The Kier molecular flexibility index (Phi) is 1.94. The molecule has 0 radical (unpaired) electrons. The number of aromatic nitrogens is 2. The Morgan fingerprint density at radius 3 is 2.80 bits per heavy atom. The zero-order chi connectivity index (χ0) is 7.56. The van der Waals surface area contributed by atoms with E-state index in [1.54, 1.807) is 6.20 Å². The molecule has 0 unspecified atom stereocenters. The quantitative estimate of drug-likeness (QED) is 0.646. The molecule has 3 nitrogen and oxygen atoms in total. The average Bonchev–Trinajstić information content (AvgIpc) is 2.13. The lowest BCUT2D eigenvalue weighted by atomic mass is 10.1. The molecule has 0 amide bonds. The Balaban J connectivity index is 2.58. The second-order valence-corrected chi connectivity index (χ2v) is 2.89. The van der Waals surface area contributed by atoms with Crippen molar-refractivity contribution in [1.29, 1.82) is 0 Å². The Labute approximate surface area is 60.7 Å². The highest BCUT2D eigenvalue weighted by molar-refractivity contribution is 5.18. The van der Waals surface area contributed by atoms with Crippen LogP contribution in [0.4, 0.5) is 5.95 Å². The van der Waals surface area contributed by atoms with E-state index in [4.69, 9.17) is 5.73 Å². The maximum absolute atomic E-state index is 5.39. The number of hydrogen-bond donors (Lipinski definition) is 2. The van der Waals surface area contributed by atoms with Gasteiger partial charge in [-0.2, -0.15) is 0 Å². The summed E-state index contributed by atoms with van der Waals surface area (Å²) in [4.78, 5) is 6.87. The highest BCUT2D eigenvalue weighted by Gasteiger charge is 1.99. The van der Waals surface area contributed by atoms with Gasteiger partial charge in [-0.3, -0.25) is 0 Å². The number of nitrogens with one attached hydrogen (secondary N) is 1. The van der Waals surface area contributed by atoms with Crippen molar-refractivity contribution in [3.8, 4) is 0 Å². The fraction of sp³-hybridized carbons (Fsp3) is 0.571. The van der Waals surface area contributed by atoms with Gasteiger partial charge in [0.25, 0.3) is 0 Å². The number of nitrogen functional groups attached to an aromatic ring is 1. The fourth-order valence-corrected chi connectivity index (χ4v) is 0.920. The summed E-state index contributed by atoms with van der Waals surface area (Å²) in [5.74, 6) is 1.16. The van der Waals surface area contributed by atoms with Gasteiger partial charge < -0.3 is 10.7 Å². The van der Waals surface area contributed by atoms with Crippen molar-refractivity contribution in [3.05, 3.63) is 11.9 Å². The molecular weight excluding hydrogens is 126 g/mol. The third-order valence-corrected chi connectivity index (χ3v) is 1.28. The summed E-state index contributed by atoms with van der Waals surface area (Å²) in [6, 6.07) is 0. The van der Waals surface area contributed by atoms with Crippen LogP contribution in [-0.2, 0) is 6.42 Å². The molecule has 1 heterocycles. The lowest BCUT2D eigenvalue weighted by Crippen LogP contribution is -1.94. The minimum Gasteiger partial charge on any atom is -0.369 e. The molecule has 1 rings (SSSR count). The van der Waals surface area contributed by atoms with Crippen LogP contribution in [0.15, 0.2) is 6.20 Å². The summed E-state index contributed by atoms with van der Waals surface area (Å²) in [5, 5.41) is 0. The van der Waals surface area contributed by atoms with Crippen LogP contribution >= 0.6 is 0 Å². The SMILES string of the molecule is CC(C)Cc1cnc(N)[nH]1. The van der Waals surface area contributed by atoms with Gasteiger partial charge in [-0.15, -0.1) is 0 Å². The molecule has 3 N–H and O–H groups in total. The van der Waals surface area contributed by atoms with Crippen LogP contribution in [0.5, 0.6) is 0 Å². The number of aromatic amines is 1. The topological polar surface area (TPSA) is 54.7 Å². The highest BCUT2D eigenvalue weighted by Crippen LogP contribution is 2.05. The molecule has 0 saturated heterocycles. The molecule has 0 aliphatic carbocycles. The fourth-order valence-electron chi connectivity index (χ4n) is 0.920. The summed E-state index contributed by atoms with van der Waals surface area (Å²) < 4.78 is 0. The van der Waals surface area contributed by atoms with E-state index in [-0.39, 0.29) is 0 Å². The molecule has 0 aromatic carbocycles. The standard InChI is InChI=1S/C7H13N3/c1-5(2)3-6-4-9-7(8)10-6/h4-5H,3H2,1-2H3,(H3,8,9,10). The lowest BCUT2D eigenvalue weighted by molar-refractivity contribution is 0.638. The summed E-state index contributed by atoms with van der Waals surface area (Å²) in [7, 11) is 0. The lowest BCUT2D eigenvalue weighted by Gasteiger charge is -1.98. The summed E-state index contributed by atoms with van der Waals surface area (Å²) in [5.41, 5.74) is 6.51. The van der Waals surface area contributed by atoms with E-state index in [2.05, 4.69) is 23.8 Å². The molecular formula is C7H13N3. The molecule has 1 aromatic rings. The van der Waals surface area contributed by atoms with Crippen molar-refractivity contribution in [1.82, 2.24) is 9.97 Å². The predicted molar refractivity (Wildman–Crippen MR) is 41.5 cm³/mol. The van der Waals surface area contributed by atoms with Gasteiger partial charge in [0.15, 0.2) is 5.95 Å². The van der Waals surface area contributed by atoms with Gasteiger partial charge in [0.2, 0.25) is 0 Å². The van der Waals surface area contributed by atoms with Crippen molar-refractivity contribution in [2.45, 2.75) is 20.3 Å². The first-order valence-electron chi connectivity index (χ1n) is 3.48. The number of anilines is 1. The van der Waals surface area contributed by atoms with Gasteiger partial charge in [-0.05, 0) is 12.3 Å². The summed E-state index contributed by atoms with van der Waals surface area (Å²) >= 11 is 0. The molecule has 1 aromatic heterocycles. The van der Waals surface area contributed by atoms with E-state index >= 15 is 0 Å². The number of nitrogens with zero attached hydrogens (tertiary/aromatic N) is 1. The third kappa shape index (κ3) is 1.76. The van der Waals surface area contributed by atoms with Crippen LogP contribution in [0.3, 0.4) is 0 Å². The van der Waals surface area contributed by atoms with Crippen molar-refractivity contribution in [3.63, 3.8) is 0 Å². The zero-order valence-electron chi connectivity index (χ0n) is 6.39.